The van der Waals surface area contributed by atoms with E-state index in [1.807, 2.05) is 0 Å². The third kappa shape index (κ3) is 4.82. The van der Waals surface area contributed by atoms with Crippen molar-refractivity contribution in [2.75, 3.05) is 25.6 Å². The minimum absolute atomic E-state index is 0.186. The topological polar surface area (TPSA) is 76.7 Å². The maximum Gasteiger partial charge on any atom is 0.325 e. The van der Waals surface area contributed by atoms with E-state index in [4.69, 9.17) is 4.74 Å². The van der Waals surface area contributed by atoms with Gasteiger partial charge in [-0.3, -0.25) is 4.79 Å². The van der Waals surface area contributed by atoms with Crippen molar-refractivity contribution in [1.29, 1.82) is 0 Å². The second-order valence-corrected chi connectivity index (χ2v) is 3.46. The molecule has 0 radical (unpaired) electrons. The molecular formula is C12H15FN2O4. The number of urea groups is 1. The number of methoxy groups -OCH3 is 1. The Bertz CT molecular complexity index is 465. The van der Waals surface area contributed by atoms with Crippen LogP contribution < -0.4 is 15.4 Å². The van der Waals surface area contributed by atoms with Crippen LogP contribution in [0.4, 0.5) is 14.9 Å². The predicted octanol–water partition coefficient (Wildman–Crippen LogP) is 1.52. The summed E-state index contributed by atoms with van der Waals surface area (Å²) in [6, 6.07) is 3.07. The molecule has 0 aliphatic heterocycles. The molecule has 0 saturated carbocycles. The van der Waals surface area contributed by atoms with Crippen molar-refractivity contribution < 1.29 is 23.5 Å². The summed E-state index contributed by atoms with van der Waals surface area (Å²) in [5.41, 5.74) is 0.297. The van der Waals surface area contributed by atoms with Gasteiger partial charge in [-0.1, -0.05) is 0 Å². The molecule has 0 heterocycles. The number of carbonyl (C=O) groups is 2. The molecule has 0 saturated heterocycles. The van der Waals surface area contributed by atoms with Gasteiger partial charge in [-0.05, 0) is 19.1 Å². The van der Waals surface area contributed by atoms with Gasteiger partial charge in [0.05, 0.1) is 19.4 Å². The molecule has 0 aliphatic carbocycles. The fourth-order valence-corrected chi connectivity index (χ4v) is 1.30. The predicted molar refractivity (Wildman–Crippen MR) is 66.6 cm³/mol. The molecule has 19 heavy (non-hydrogen) atoms. The molecular weight excluding hydrogens is 255 g/mol. The zero-order valence-electron chi connectivity index (χ0n) is 10.7. The van der Waals surface area contributed by atoms with Crippen LogP contribution in [-0.4, -0.2) is 32.3 Å². The van der Waals surface area contributed by atoms with E-state index in [0.29, 0.717) is 5.69 Å². The molecule has 1 rings (SSSR count). The van der Waals surface area contributed by atoms with Crippen molar-refractivity contribution in [3.8, 4) is 5.75 Å². The molecule has 0 fully saturated rings. The fraction of sp³-hybridized carbons (Fsp3) is 0.333. The van der Waals surface area contributed by atoms with Crippen molar-refractivity contribution in [3.05, 3.63) is 24.0 Å². The van der Waals surface area contributed by atoms with Gasteiger partial charge in [0, 0.05) is 6.07 Å². The largest absolute Gasteiger partial charge is 0.494 e. The SMILES string of the molecule is CCOC(=O)CNC(=O)Nc1ccc(F)cc1OC. The highest BCUT2D eigenvalue weighted by molar-refractivity contribution is 5.92. The monoisotopic (exact) mass is 270 g/mol. The standard InChI is InChI=1S/C12H15FN2O4/c1-3-19-11(16)7-14-12(17)15-9-5-4-8(13)6-10(9)18-2/h4-6H,3,7H2,1-2H3,(H2,14,15,17). The smallest absolute Gasteiger partial charge is 0.325 e. The first-order valence-electron chi connectivity index (χ1n) is 5.60. The van der Waals surface area contributed by atoms with Crippen LogP contribution in [0, 0.1) is 5.82 Å². The lowest BCUT2D eigenvalue weighted by Crippen LogP contribution is -2.34. The Morgan fingerprint density at radius 3 is 2.74 bits per heavy atom. The Kier molecular flexibility index (Phi) is 5.59. The van der Waals surface area contributed by atoms with E-state index in [2.05, 4.69) is 15.4 Å². The van der Waals surface area contributed by atoms with Crippen molar-refractivity contribution in [2.24, 2.45) is 0 Å². The van der Waals surface area contributed by atoms with Crippen LogP contribution in [-0.2, 0) is 9.53 Å². The first-order valence-corrected chi connectivity index (χ1v) is 5.60. The minimum Gasteiger partial charge on any atom is -0.494 e. The van der Waals surface area contributed by atoms with Crippen LogP contribution in [0.5, 0.6) is 5.75 Å². The number of halogens is 1. The summed E-state index contributed by atoms with van der Waals surface area (Å²) < 4.78 is 22.5. The average molecular weight is 270 g/mol. The highest BCUT2D eigenvalue weighted by atomic mass is 19.1. The van der Waals surface area contributed by atoms with Crippen LogP contribution in [0.25, 0.3) is 0 Å². The van der Waals surface area contributed by atoms with Crippen molar-refractivity contribution in [3.63, 3.8) is 0 Å². The van der Waals surface area contributed by atoms with E-state index >= 15 is 0 Å². The lowest BCUT2D eigenvalue weighted by molar-refractivity contribution is -0.141. The van der Waals surface area contributed by atoms with Crippen LogP contribution in [0.2, 0.25) is 0 Å². The molecule has 0 aliphatic rings. The molecule has 0 atom stereocenters. The van der Waals surface area contributed by atoms with E-state index in [9.17, 15) is 14.0 Å². The molecule has 6 nitrogen and oxygen atoms in total. The van der Waals surface area contributed by atoms with E-state index < -0.39 is 17.8 Å². The quantitative estimate of drug-likeness (QED) is 0.795. The maximum atomic E-state index is 12.9. The van der Waals surface area contributed by atoms with Gasteiger partial charge in [0.2, 0.25) is 0 Å². The summed E-state index contributed by atoms with van der Waals surface area (Å²) >= 11 is 0. The molecule has 0 aromatic heterocycles. The van der Waals surface area contributed by atoms with Gasteiger partial charge in [0.15, 0.2) is 0 Å². The Labute approximate surface area is 109 Å². The van der Waals surface area contributed by atoms with Gasteiger partial charge in [0.25, 0.3) is 0 Å². The number of anilines is 1. The molecule has 104 valence electrons. The van der Waals surface area contributed by atoms with E-state index in [1.54, 1.807) is 6.92 Å². The zero-order valence-corrected chi connectivity index (χ0v) is 10.7. The summed E-state index contributed by atoms with van der Waals surface area (Å²) in [7, 11) is 1.36. The summed E-state index contributed by atoms with van der Waals surface area (Å²) in [5, 5.41) is 4.74. The molecule has 0 unspecified atom stereocenters. The van der Waals surface area contributed by atoms with E-state index in [-0.39, 0.29) is 18.9 Å². The lowest BCUT2D eigenvalue weighted by Gasteiger charge is -2.10. The summed E-state index contributed by atoms with van der Waals surface area (Å²) in [6.45, 7) is 1.67. The summed E-state index contributed by atoms with van der Waals surface area (Å²) in [4.78, 5) is 22.5. The normalized spacial score (nSPS) is 9.63. The number of ether oxygens (including phenoxy) is 2. The molecule has 0 spiro atoms. The van der Waals surface area contributed by atoms with Crippen LogP contribution in [0.1, 0.15) is 6.92 Å². The zero-order chi connectivity index (χ0) is 14.3. The lowest BCUT2D eigenvalue weighted by atomic mass is 10.3. The maximum absolute atomic E-state index is 12.9. The number of rotatable bonds is 5. The first kappa shape index (κ1) is 14.7. The first-order chi connectivity index (χ1) is 9.06. The van der Waals surface area contributed by atoms with Gasteiger partial charge in [-0.25, -0.2) is 9.18 Å². The number of carbonyl (C=O) groups excluding carboxylic acids is 2. The molecule has 1 aromatic rings. The Balaban J connectivity index is 2.55. The molecule has 2 amide bonds. The Morgan fingerprint density at radius 1 is 1.37 bits per heavy atom. The fourth-order valence-electron chi connectivity index (χ4n) is 1.30. The van der Waals surface area contributed by atoms with Gasteiger partial charge in [-0.15, -0.1) is 0 Å². The van der Waals surface area contributed by atoms with Gasteiger partial charge < -0.3 is 20.1 Å². The van der Waals surface area contributed by atoms with Crippen LogP contribution in [0.15, 0.2) is 18.2 Å². The number of hydrogen-bond donors (Lipinski definition) is 2. The third-order valence-corrected chi connectivity index (χ3v) is 2.11. The second kappa shape index (κ2) is 7.20. The van der Waals surface area contributed by atoms with E-state index in [1.165, 1.54) is 19.2 Å². The van der Waals surface area contributed by atoms with Crippen molar-refractivity contribution in [1.82, 2.24) is 5.32 Å². The Hall–Kier alpha value is -2.31. The number of hydrogen-bond acceptors (Lipinski definition) is 4. The van der Waals surface area contributed by atoms with Crippen molar-refractivity contribution in [2.45, 2.75) is 6.92 Å². The van der Waals surface area contributed by atoms with Crippen molar-refractivity contribution >= 4 is 17.7 Å². The minimum atomic E-state index is -0.613. The van der Waals surface area contributed by atoms with Crippen LogP contribution >= 0.6 is 0 Å². The van der Waals surface area contributed by atoms with E-state index in [0.717, 1.165) is 6.07 Å². The summed E-state index contributed by atoms with van der Waals surface area (Å²) in [6.07, 6.45) is 0. The van der Waals surface area contributed by atoms with Gasteiger partial charge >= 0.3 is 12.0 Å². The number of esters is 1. The molecule has 0 bridgehead atoms. The third-order valence-electron chi connectivity index (χ3n) is 2.11. The van der Waals surface area contributed by atoms with Gasteiger partial charge in [-0.2, -0.15) is 0 Å². The summed E-state index contributed by atoms with van der Waals surface area (Å²) in [5.74, 6) is -0.829. The molecule has 2 N–H and O–H groups in total. The second-order valence-electron chi connectivity index (χ2n) is 3.46. The average Bonchev–Trinajstić information content (AvgIpc) is 2.39. The highest BCUT2D eigenvalue weighted by Gasteiger charge is 2.09. The number of nitrogens with one attached hydrogen (secondary N) is 2. The van der Waals surface area contributed by atoms with Crippen LogP contribution in [0.3, 0.4) is 0 Å². The number of amides is 2. The highest BCUT2D eigenvalue weighted by Crippen LogP contribution is 2.24. The molecule has 7 heteroatoms. The molecule has 1 aromatic carbocycles. The number of benzene rings is 1. The van der Waals surface area contributed by atoms with Gasteiger partial charge in [0.1, 0.15) is 18.1 Å². The Morgan fingerprint density at radius 2 is 2.11 bits per heavy atom.